The summed E-state index contributed by atoms with van der Waals surface area (Å²) < 4.78 is 5.23. The van der Waals surface area contributed by atoms with Gasteiger partial charge in [-0.15, -0.1) is 0 Å². The lowest BCUT2D eigenvalue weighted by Gasteiger charge is -2.36. The second kappa shape index (κ2) is 7.71. The van der Waals surface area contributed by atoms with Crippen LogP contribution in [0.5, 0.6) is 0 Å². The molecule has 8 heteroatoms. The first-order chi connectivity index (χ1) is 17.4. The average Bonchev–Trinajstić information content (AvgIpc) is 3.35. The molecule has 0 aromatic heterocycles. The molecule has 36 heavy (non-hydrogen) atoms. The van der Waals surface area contributed by atoms with Crippen LogP contribution in [-0.4, -0.2) is 41.7 Å². The number of rotatable bonds is 3. The van der Waals surface area contributed by atoms with E-state index in [0.29, 0.717) is 22.4 Å². The van der Waals surface area contributed by atoms with Gasteiger partial charge in [0, 0.05) is 34.9 Å². The van der Waals surface area contributed by atoms with E-state index in [1.54, 1.807) is 24.3 Å². The third-order valence-corrected chi connectivity index (χ3v) is 7.62. The number of nitrogens with zero attached hydrogens (tertiary/aromatic N) is 2. The summed E-state index contributed by atoms with van der Waals surface area (Å²) in [5, 5.41) is 11.3. The Labute approximate surface area is 205 Å². The van der Waals surface area contributed by atoms with Crippen molar-refractivity contribution < 1.29 is 24.0 Å². The highest BCUT2D eigenvalue weighted by atomic mass is 16.6. The fourth-order valence-corrected chi connectivity index (χ4v) is 6.19. The number of fused-ring (bicyclic) bond motifs is 5. The Morgan fingerprint density at radius 2 is 1.56 bits per heavy atom. The van der Waals surface area contributed by atoms with Crippen LogP contribution < -0.4 is 4.90 Å². The predicted molar refractivity (Wildman–Crippen MR) is 131 cm³/mol. The molecule has 0 unspecified atom stereocenters. The minimum atomic E-state index is -1.65. The molecule has 0 bridgehead atoms. The maximum Gasteiger partial charge on any atom is 0.329 e. The lowest BCUT2D eigenvalue weighted by molar-refractivity contribution is -0.384. The maximum absolute atomic E-state index is 14.3. The van der Waals surface area contributed by atoms with Crippen LogP contribution in [0.4, 0.5) is 11.4 Å². The first-order valence-corrected chi connectivity index (χ1v) is 11.5. The molecule has 1 spiro atoms. The van der Waals surface area contributed by atoms with Crippen molar-refractivity contribution in [2.45, 2.75) is 18.0 Å². The molecule has 3 aliphatic rings. The van der Waals surface area contributed by atoms with Gasteiger partial charge in [0.15, 0.2) is 11.6 Å². The van der Waals surface area contributed by atoms with Gasteiger partial charge in [-0.1, -0.05) is 66.7 Å². The van der Waals surface area contributed by atoms with Crippen LogP contribution in [0, 0.1) is 15.5 Å². The van der Waals surface area contributed by atoms with Crippen molar-refractivity contribution >= 4 is 35.0 Å². The number of nitro benzene ring substituents is 1. The first-order valence-electron chi connectivity index (χ1n) is 11.5. The molecule has 3 aromatic rings. The molecule has 1 aliphatic carbocycles. The van der Waals surface area contributed by atoms with Gasteiger partial charge < -0.3 is 9.64 Å². The van der Waals surface area contributed by atoms with Gasteiger partial charge in [-0.05, 0) is 17.2 Å². The minimum absolute atomic E-state index is 0.129. The van der Waals surface area contributed by atoms with E-state index in [1.807, 2.05) is 41.3 Å². The summed E-state index contributed by atoms with van der Waals surface area (Å²) in [5.74, 6) is -2.27. The number of nitro groups is 1. The lowest BCUT2D eigenvalue weighted by atomic mass is 9.65. The third-order valence-electron chi connectivity index (χ3n) is 7.62. The van der Waals surface area contributed by atoms with E-state index in [-0.39, 0.29) is 17.3 Å². The highest BCUT2D eigenvalue weighted by Crippen LogP contribution is 2.60. The fraction of sp³-hybridized carbons (Fsp3) is 0.179. The fourth-order valence-electron chi connectivity index (χ4n) is 6.19. The number of esters is 1. The molecular formula is C28H20N2O6. The summed E-state index contributed by atoms with van der Waals surface area (Å²) in [4.78, 5) is 54.6. The van der Waals surface area contributed by atoms with E-state index in [4.69, 9.17) is 4.74 Å². The number of benzene rings is 3. The number of Topliss-reactive ketones (excluding diaryl/α,β-unsaturated/α-hetero) is 2. The van der Waals surface area contributed by atoms with Crippen LogP contribution in [0.2, 0.25) is 0 Å². The molecule has 3 atom stereocenters. The summed E-state index contributed by atoms with van der Waals surface area (Å²) in [6.07, 6.45) is 3.68. The Morgan fingerprint density at radius 3 is 2.17 bits per heavy atom. The number of anilines is 1. The molecule has 1 fully saturated rings. The van der Waals surface area contributed by atoms with Gasteiger partial charge in [0.1, 0.15) is 11.5 Å². The monoisotopic (exact) mass is 480 g/mol. The topological polar surface area (TPSA) is 107 Å². The molecule has 3 aromatic carbocycles. The van der Waals surface area contributed by atoms with Crippen LogP contribution in [-0.2, 0) is 9.53 Å². The van der Waals surface area contributed by atoms with Gasteiger partial charge in [-0.2, -0.15) is 0 Å². The number of non-ortho nitro benzene ring substituents is 1. The van der Waals surface area contributed by atoms with E-state index in [1.165, 1.54) is 31.4 Å². The number of methoxy groups -OCH3 is 1. The Balaban J connectivity index is 1.66. The number of hydrogen-bond donors (Lipinski definition) is 0. The zero-order valence-corrected chi connectivity index (χ0v) is 19.2. The van der Waals surface area contributed by atoms with Gasteiger partial charge in [0.25, 0.3) is 5.69 Å². The summed E-state index contributed by atoms with van der Waals surface area (Å²) >= 11 is 0. The smallest absolute Gasteiger partial charge is 0.329 e. The highest BCUT2D eigenvalue weighted by molar-refractivity contribution is 6.32. The minimum Gasteiger partial charge on any atom is -0.467 e. The number of para-hydroxylation sites is 1. The van der Waals surface area contributed by atoms with Crippen molar-refractivity contribution in [2.24, 2.45) is 5.41 Å². The molecule has 2 heterocycles. The second-order valence-corrected chi connectivity index (χ2v) is 9.14. The van der Waals surface area contributed by atoms with E-state index in [0.717, 1.165) is 5.56 Å². The average molecular weight is 480 g/mol. The van der Waals surface area contributed by atoms with Crippen molar-refractivity contribution in [1.82, 2.24) is 0 Å². The highest BCUT2D eigenvalue weighted by Gasteiger charge is 2.71. The van der Waals surface area contributed by atoms with E-state index < -0.39 is 34.3 Å². The van der Waals surface area contributed by atoms with Gasteiger partial charge >= 0.3 is 5.97 Å². The summed E-state index contributed by atoms with van der Waals surface area (Å²) in [7, 11) is 1.27. The molecule has 8 nitrogen and oxygen atoms in total. The summed E-state index contributed by atoms with van der Waals surface area (Å²) in [6, 6.07) is 18.1. The Bertz CT molecular complexity index is 1460. The van der Waals surface area contributed by atoms with Gasteiger partial charge in [0.05, 0.1) is 18.1 Å². The normalized spacial score (nSPS) is 22.8. The van der Waals surface area contributed by atoms with E-state index in [9.17, 15) is 24.5 Å². The van der Waals surface area contributed by atoms with Crippen molar-refractivity contribution in [2.75, 3.05) is 12.0 Å². The summed E-state index contributed by atoms with van der Waals surface area (Å²) in [5.41, 5.74) is 0.877. The molecule has 2 aliphatic heterocycles. The molecule has 0 amide bonds. The second-order valence-electron chi connectivity index (χ2n) is 9.14. The quantitative estimate of drug-likeness (QED) is 0.239. The largest absolute Gasteiger partial charge is 0.467 e. The van der Waals surface area contributed by atoms with Gasteiger partial charge in [-0.3, -0.25) is 19.7 Å². The predicted octanol–water partition coefficient (Wildman–Crippen LogP) is 4.20. The lowest BCUT2D eigenvalue weighted by Crippen LogP contribution is -2.48. The van der Waals surface area contributed by atoms with Crippen molar-refractivity contribution in [3.8, 4) is 0 Å². The zero-order valence-electron chi connectivity index (χ0n) is 19.2. The molecule has 1 saturated heterocycles. The third kappa shape index (κ3) is 2.66. The van der Waals surface area contributed by atoms with E-state index >= 15 is 0 Å². The van der Waals surface area contributed by atoms with Crippen molar-refractivity contribution in [3.63, 3.8) is 0 Å². The van der Waals surface area contributed by atoms with Crippen LogP contribution in [0.15, 0.2) is 78.9 Å². The van der Waals surface area contributed by atoms with Gasteiger partial charge in [0.2, 0.25) is 0 Å². The summed E-state index contributed by atoms with van der Waals surface area (Å²) in [6.45, 7) is 0. The van der Waals surface area contributed by atoms with Crippen molar-refractivity contribution in [1.29, 1.82) is 0 Å². The number of ketones is 2. The van der Waals surface area contributed by atoms with Gasteiger partial charge in [-0.25, -0.2) is 4.79 Å². The van der Waals surface area contributed by atoms with E-state index in [2.05, 4.69) is 0 Å². The molecule has 0 N–H and O–H groups in total. The molecule has 0 radical (unpaired) electrons. The maximum atomic E-state index is 14.3. The number of ether oxygens (including phenoxy) is 1. The van der Waals surface area contributed by atoms with Crippen LogP contribution in [0.1, 0.15) is 37.8 Å². The van der Waals surface area contributed by atoms with Crippen LogP contribution in [0.25, 0.3) is 6.08 Å². The Hall–Kier alpha value is -4.59. The zero-order chi connectivity index (χ0) is 25.2. The molecule has 0 saturated carbocycles. The first kappa shape index (κ1) is 21.9. The van der Waals surface area contributed by atoms with Crippen LogP contribution in [0.3, 0.4) is 0 Å². The Morgan fingerprint density at radius 1 is 0.944 bits per heavy atom. The number of carbonyl (C=O) groups excluding carboxylic acids is 3. The number of hydrogen-bond acceptors (Lipinski definition) is 7. The SMILES string of the molecule is COC(=O)[C@H]1[C@H](c2ccc([N+](=O)[O-])cc2)C2(C(=O)c3ccccc3C2=O)[C@@H]2C=Cc3ccccc3N21. The standard InChI is InChI=1S/C28H20N2O6/c1-36-27(33)24-23(17-10-13-18(14-11-17)30(34)35)28(25(31)19-7-3-4-8-20(19)26(28)32)22-15-12-16-6-2-5-9-21(16)29(22)24/h2-15,22-24H,1H3/t22-,23-,24+/m0/s1. The van der Waals surface area contributed by atoms with Crippen molar-refractivity contribution in [3.05, 3.63) is 111 Å². The Kier molecular flexibility index (Phi) is 4.69. The van der Waals surface area contributed by atoms with Crippen LogP contribution >= 0.6 is 0 Å². The number of carbonyl (C=O) groups is 3. The molecule has 178 valence electrons. The molecular weight excluding hydrogens is 460 g/mol. The molecule has 6 rings (SSSR count).